The number of carbonyl (C=O) groups excluding carboxylic acids is 1. The number of carbonyl (C=O) groups is 1. The minimum absolute atomic E-state index is 0.0268. The van der Waals surface area contributed by atoms with Gasteiger partial charge in [-0.2, -0.15) is 0 Å². The van der Waals surface area contributed by atoms with Crippen LogP contribution in [-0.4, -0.2) is 39.3 Å². The highest BCUT2D eigenvalue weighted by atomic mass is 16.5. The minimum Gasteiger partial charge on any atom is -0.497 e. The van der Waals surface area contributed by atoms with E-state index < -0.39 is 0 Å². The second-order valence-corrected chi connectivity index (χ2v) is 7.05. The molecule has 29 heavy (non-hydrogen) atoms. The van der Waals surface area contributed by atoms with Gasteiger partial charge in [0.15, 0.2) is 0 Å². The van der Waals surface area contributed by atoms with Gasteiger partial charge in [-0.3, -0.25) is 10.2 Å². The lowest BCUT2D eigenvalue weighted by Crippen LogP contribution is -2.29. The average molecular weight is 393 g/mol. The van der Waals surface area contributed by atoms with Crippen LogP contribution in [0.3, 0.4) is 0 Å². The number of tetrazole rings is 1. The second kappa shape index (κ2) is 8.38. The molecular weight excluding hydrogens is 370 g/mol. The van der Waals surface area contributed by atoms with Crippen molar-refractivity contribution in [3.8, 4) is 11.4 Å². The Morgan fingerprint density at radius 2 is 1.90 bits per heavy atom. The number of ether oxygens (including phenoxy) is 1. The van der Waals surface area contributed by atoms with E-state index in [4.69, 9.17) is 4.74 Å². The number of nitrogens with zero attached hydrogens (tertiary/aromatic N) is 4. The molecule has 0 radical (unpaired) electrons. The van der Waals surface area contributed by atoms with Crippen LogP contribution < -0.4 is 20.9 Å². The fraction of sp³-hybridized carbons (Fsp3) is 0.300. The second-order valence-electron chi connectivity index (χ2n) is 7.05. The fourth-order valence-corrected chi connectivity index (χ4v) is 3.56. The maximum Gasteiger partial charge on any atom is 0.224 e. The summed E-state index contributed by atoms with van der Waals surface area (Å²) in [5.41, 5.74) is 9.24. The van der Waals surface area contributed by atoms with Gasteiger partial charge in [-0.1, -0.05) is 12.1 Å². The number of benzene rings is 2. The van der Waals surface area contributed by atoms with Crippen LogP contribution in [0, 0.1) is 5.92 Å². The molecule has 3 N–H and O–H groups in total. The van der Waals surface area contributed by atoms with Crippen LogP contribution >= 0.6 is 0 Å². The number of hydrazine groups is 1. The summed E-state index contributed by atoms with van der Waals surface area (Å²) in [6, 6.07) is 15.5. The van der Waals surface area contributed by atoms with Gasteiger partial charge in [-0.05, 0) is 59.3 Å². The molecule has 3 unspecified atom stereocenters. The molecule has 3 aromatic rings. The van der Waals surface area contributed by atoms with Crippen LogP contribution in [0.15, 0.2) is 54.9 Å². The van der Waals surface area contributed by atoms with Gasteiger partial charge in [0, 0.05) is 24.1 Å². The number of hydrogen-bond donors (Lipinski definition) is 3. The molecule has 3 atom stereocenters. The van der Waals surface area contributed by atoms with E-state index in [1.54, 1.807) is 11.8 Å². The molecular formula is C20H23N7O2. The first-order chi connectivity index (χ1) is 14.1. The van der Waals surface area contributed by atoms with Crippen molar-refractivity contribution in [1.82, 2.24) is 31.1 Å². The van der Waals surface area contributed by atoms with Gasteiger partial charge in [0.25, 0.3) is 0 Å². The van der Waals surface area contributed by atoms with Gasteiger partial charge in [0.2, 0.25) is 5.91 Å². The lowest BCUT2D eigenvalue weighted by molar-refractivity contribution is -0.117. The van der Waals surface area contributed by atoms with Gasteiger partial charge in [-0.25, -0.2) is 10.1 Å². The van der Waals surface area contributed by atoms with Crippen molar-refractivity contribution in [1.29, 1.82) is 0 Å². The predicted molar refractivity (Wildman–Crippen MR) is 107 cm³/mol. The molecule has 9 nitrogen and oxygen atoms in total. The Balaban J connectivity index is 1.40. The summed E-state index contributed by atoms with van der Waals surface area (Å²) in [5.74, 6) is 0.900. The third-order valence-electron chi connectivity index (χ3n) is 5.20. The molecule has 0 spiro atoms. The van der Waals surface area contributed by atoms with E-state index in [2.05, 4.69) is 38.6 Å². The third-order valence-corrected chi connectivity index (χ3v) is 5.20. The molecule has 1 saturated heterocycles. The van der Waals surface area contributed by atoms with Crippen LogP contribution in [0.5, 0.6) is 5.75 Å². The summed E-state index contributed by atoms with van der Waals surface area (Å²) < 4.78 is 6.79. The Hall–Kier alpha value is -3.30. The zero-order valence-corrected chi connectivity index (χ0v) is 16.2. The Morgan fingerprint density at radius 3 is 2.55 bits per heavy atom. The van der Waals surface area contributed by atoms with Crippen LogP contribution in [0.25, 0.3) is 5.69 Å². The third kappa shape index (κ3) is 4.25. The monoisotopic (exact) mass is 393 g/mol. The van der Waals surface area contributed by atoms with E-state index >= 15 is 0 Å². The van der Waals surface area contributed by atoms with E-state index in [0.717, 1.165) is 22.7 Å². The van der Waals surface area contributed by atoms with Crippen molar-refractivity contribution in [3.63, 3.8) is 0 Å². The lowest BCUT2D eigenvalue weighted by Gasteiger charge is -2.21. The maximum absolute atomic E-state index is 12.7. The van der Waals surface area contributed by atoms with E-state index in [1.165, 1.54) is 6.33 Å². The number of aromatic nitrogens is 4. The summed E-state index contributed by atoms with van der Waals surface area (Å²) in [7, 11) is 1.65. The zero-order valence-electron chi connectivity index (χ0n) is 16.2. The molecule has 150 valence electrons. The molecule has 1 amide bonds. The molecule has 0 bridgehead atoms. The normalized spacial score (nSPS) is 21.1. The van der Waals surface area contributed by atoms with Crippen molar-refractivity contribution < 1.29 is 9.53 Å². The number of anilines is 1. The first-order valence-corrected chi connectivity index (χ1v) is 9.42. The predicted octanol–water partition coefficient (Wildman–Crippen LogP) is 1.85. The standard InChI is InChI=1S/C20H23N7O2/c1-13-18(20(24-23-13)14-3-9-17(29-2)10-4-14)11-19(28)22-15-5-7-16(8-6-15)27-12-21-25-26-27/h3-10,12-13,18,20,23-24H,11H2,1-2H3,(H,22,28). The van der Waals surface area contributed by atoms with Crippen LogP contribution in [-0.2, 0) is 4.79 Å². The minimum atomic E-state index is -0.0268. The highest BCUT2D eigenvalue weighted by Gasteiger charge is 2.35. The maximum atomic E-state index is 12.7. The molecule has 1 aliphatic rings. The molecule has 2 aromatic carbocycles. The van der Waals surface area contributed by atoms with Gasteiger partial charge < -0.3 is 10.1 Å². The first-order valence-electron chi connectivity index (χ1n) is 9.42. The number of hydrogen-bond acceptors (Lipinski definition) is 7. The number of methoxy groups -OCH3 is 1. The largest absolute Gasteiger partial charge is 0.497 e. The molecule has 1 aliphatic heterocycles. The van der Waals surface area contributed by atoms with Gasteiger partial charge in [0.1, 0.15) is 12.1 Å². The summed E-state index contributed by atoms with van der Waals surface area (Å²) in [6.45, 7) is 2.08. The van der Waals surface area contributed by atoms with Gasteiger partial charge >= 0.3 is 0 Å². The number of amides is 1. The van der Waals surface area contributed by atoms with Crippen molar-refractivity contribution in [2.24, 2.45) is 5.92 Å². The van der Waals surface area contributed by atoms with Crippen LogP contribution in [0.1, 0.15) is 24.9 Å². The average Bonchev–Trinajstić information content (AvgIpc) is 3.40. The highest BCUT2D eigenvalue weighted by molar-refractivity contribution is 5.91. The van der Waals surface area contributed by atoms with Crippen LogP contribution in [0.2, 0.25) is 0 Å². The van der Waals surface area contributed by atoms with E-state index in [9.17, 15) is 4.79 Å². The number of nitrogens with one attached hydrogen (secondary N) is 3. The zero-order chi connectivity index (χ0) is 20.2. The Morgan fingerprint density at radius 1 is 1.14 bits per heavy atom. The molecule has 9 heteroatoms. The van der Waals surface area contributed by atoms with Gasteiger partial charge in [-0.15, -0.1) is 5.10 Å². The molecule has 0 aliphatic carbocycles. The molecule has 2 heterocycles. The molecule has 1 aromatic heterocycles. The van der Waals surface area contributed by atoms with E-state index in [0.29, 0.717) is 6.42 Å². The lowest BCUT2D eigenvalue weighted by atomic mass is 9.87. The Labute approximate surface area is 168 Å². The Bertz CT molecular complexity index is 942. The Kier molecular flexibility index (Phi) is 5.50. The topological polar surface area (TPSA) is 106 Å². The van der Waals surface area contributed by atoms with Gasteiger partial charge in [0.05, 0.1) is 18.8 Å². The van der Waals surface area contributed by atoms with E-state index in [-0.39, 0.29) is 23.9 Å². The number of rotatable bonds is 6. The van der Waals surface area contributed by atoms with Crippen molar-refractivity contribution in [2.75, 3.05) is 12.4 Å². The molecule has 4 rings (SSSR count). The molecule has 0 saturated carbocycles. The summed E-state index contributed by atoms with van der Waals surface area (Å²) in [5, 5.41) is 14.1. The summed E-state index contributed by atoms with van der Waals surface area (Å²) in [6.07, 6.45) is 1.92. The smallest absolute Gasteiger partial charge is 0.224 e. The SMILES string of the molecule is COc1ccc(C2NNC(C)C2CC(=O)Nc2ccc(-n3cnnn3)cc2)cc1. The van der Waals surface area contributed by atoms with Crippen molar-refractivity contribution in [2.45, 2.75) is 25.4 Å². The van der Waals surface area contributed by atoms with E-state index in [1.807, 2.05) is 48.5 Å². The quantitative estimate of drug-likeness (QED) is 0.587. The van der Waals surface area contributed by atoms with Crippen LogP contribution in [0.4, 0.5) is 5.69 Å². The fourth-order valence-electron chi connectivity index (χ4n) is 3.56. The summed E-state index contributed by atoms with van der Waals surface area (Å²) >= 11 is 0. The first kappa shape index (κ1) is 19.0. The van der Waals surface area contributed by atoms with Crippen molar-refractivity contribution >= 4 is 11.6 Å². The molecule has 1 fully saturated rings. The summed E-state index contributed by atoms with van der Waals surface area (Å²) in [4.78, 5) is 12.7. The van der Waals surface area contributed by atoms with Crippen molar-refractivity contribution in [3.05, 3.63) is 60.4 Å². The highest BCUT2D eigenvalue weighted by Crippen LogP contribution is 2.32.